The normalized spacial score (nSPS) is 9.28. The molecule has 0 aliphatic carbocycles. The van der Waals surface area contributed by atoms with Gasteiger partial charge in [-0.3, -0.25) is 0 Å². The highest BCUT2D eigenvalue weighted by atomic mass is 16.5. The number of aliphatic hydroxyl groups is 1. The van der Waals surface area contributed by atoms with E-state index in [9.17, 15) is 0 Å². The van der Waals surface area contributed by atoms with Crippen LogP contribution in [-0.2, 0) is 13.2 Å². The highest BCUT2D eigenvalue weighted by Crippen LogP contribution is 2.14. The molecule has 0 aromatic heterocycles. The van der Waals surface area contributed by atoms with Crippen LogP contribution in [0.1, 0.15) is 25.0 Å². The van der Waals surface area contributed by atoms with Gasteiger partial charge in [-0.25, -0.2) is 0 Å². The van der Waals surface area contributed by atoms with Gasteiger partial charge >= 0.3 is 0 Å². The van der Waals surface area contributed by atoms with Crippen LogP contribution in [0.2, 0.25) is 0 Å². The zero-order valence-electron chi connectivity index (χ0n) is 11.0. The summed E-state index contributed by atoms with van der Waals surface area (Å²) < 4.78 is 5.61. The van der Waals surface area contributed by atoms with Crippen LogP contribution >= 0.6 is 0 Å². The fraction of sp³-hybridized carbons (Fsp3) is 0.250. The second kappa shape index (κ2) is 8.31. The molecule has 0 fully saturated rings. The molecule has 1 N–H and O–H groups in total. The molecule has 2 rings (SSSR count). The number of hydrogen-bond donors (Lipinski definition) is 1. The number of benzene rings is 2. The summed E-state index contributed by atoms with van der Waals surface area (Å²) in [6.45, 7) is 4.64. The van der Waals surface area contributed by atoms with E-state index < -0.39 is 0 Å². The molecular formula is C16H20O2. The number of hydrogen-bond acceptors (Lipinski definition) is 2. The minimum absolute atomic E-state index is 0.0684. The van der Waals surface area contributed by atoms with E-state index in [0.717, 1.165) is 16.9 Å². The number of ether oxygens (including phenoxy) is 1. The molecule has 0 amide bonds. The Morgan fingerprint density at radius 1 is 0.833 bits per heavy atom. The molecule has 2 aromatic carbocycles. The molecule has 18 heavy (non-hydrogen) atoms. The monoisotopic (exact) mass is 244 g/mol. The van der Waals surface area contributed by atoms with Crippen LogP contribution in [0.25, 0.3) is 0 Å². The van der Waals surface area contributed by atoms with Crippen LogP contribution in [0.3, 0.4) is 0 Å². The van der Waals surface area contributed by atoms with E-state index in [1.807, 2.05) is 68.4 Å². The van der Waals surface area contributed by atoms with E-state index in [4.69, 9.17) is 9.84 Å². The maximum absolute atomic E-state index is 8.90. The Balaban J connectivity index is 0.000000771. The topological polar surface area (TPSA) is 29.5 Å². The van der Waals surface area contributed by atoms with Crippen LogP contribution in [0.4, 0.5) is 0 Å². The lowest BCUT2D eigenvalue weighted by molar-refractivity contribution is 0.280. The second-order valence-corrected chi connectivity index (χ2v) is 3.58. The van der Waals surface area contributed by atoms with Crippen molar-refractivity contribution in [1.29, 1.82) is 0 Å². The summed E-state index contributed by atoms with van der Waals surface area (Å²) in [4.78, 5) is 0. The van der Waals surface area contributed by atoms with E-state index in [-0.39, 0.29) is 6.61 Å². The summed E-state index contributed by atoms with van der Waals surface area (Å²) in [5, 5.41) is 8.90. The van der Waals surface area contributed by atoms with Crippen molar-refractivity contribution in [3.05, 3.63) is 65.7 Å². The summed E-state index contributed by atoms with van der Waals surface area (Å²) >= 11 is 0. The molecule has 0 saturated heterocycles. The first-order valence-electron chi connectivity index (χ1n) is 6.25. The van der Waals surface area contributed by atoms with E-state index >= 15 is 0 Å². The molecule has 0 aliphatic rings. The third kappa shape index (κ3) is 4.60. The van der Waals surface area contributed by atoms with Crippen molar-refractivity contribution in [2.24, 2.45) is 0 Å². The Kier molecular flexibility index (Phi) is 6.59. The predicted molar refractivity (Wildman–Crippen MR) is 74.5 cm³/mol. The van der Waals surface area contributed by atoms with Crippen LogP contribution in [0.15, 0.2) is 54.6 Å². The van der Waals surface area contributed by atoms with Crippen molar-refractivity contribution in [3.8, 4) is 5.75 Å². The Bertz CT molecular complexity index is 421. The lowest BCUT2D eigenvalue weighted by Crippen LogP contribution is -1.95. The maximum Gasteiger partial charge on any atom is 0.119 e. The maximum atomic E-state index is 8.90. The van der Waals surface area contributed by atoms with Crippen molar-refractivity contribution in [3.63, 3.8) is 0 Å². The zero-order chi connectivity index (χ0) is 13.2. The van der Waals surface area contributed by atoms with Gasteiger partial charge in [-0.1, -0.05) is 56.3 Å². The van der Waals surface area contributed by atoms with Crippen LogP contribution in [-0.4, -0.2) is 5.11 Å². The van der Waals surface area contributed by atoms with Gasteiger partial charge in [0.15, 0.2) is 0 Å². The van der Waals surface area contributed by atoms with E-state index in [0.29, 0.717) is 6.61 Å². The first-order chi connectivity index (χ1) is 8.88. The minimum Gasteiger partial charge on any atom is -0.489 e. The molecule has 0 radical (unpaired) electrons. The van der Waals surface area contributed by atoms with Gasteiger partial charge in [0.25, 0.3) is 0 Å². The van der Waals surface area contributed by atoms with Crippen LogP contribution < -0.4 is 4.74 Å². The van der Waals surface area contributed by atoms with Gasteiger partial charge in [0, 0.05) is 0 Å². The summed E-state index contributed by atoms with van der Waals surface area (Å²) in [6, 6.07) is 17.5. The number of aliphatic hydroxyl groups excluding tert-OH is 1. The fourth-order valence-electron chi connectivity index (χ4n) is 1.43. The lowest BCUT2D eigenvalue weighted by Gasteiger charge is -2.06. The second-order valence-electron chi connectivity index (χ2n) is 3.58. The average molecular weight is 244 g/mol. The molecule has 0 bridgehead atoms. The number of rotatable bonds is 4. The molecule has 2 heteroatoms. The van der Waals surface area contributed by atoms with Gasteiger partial charge in [-0.2, -0.15) is 0 Å². The SMILES string of the molecule is CC.OCc1ccc(OCc2ccccc2)cc1. The smallest absolute Gasteiger partial charge is 0.119 e. The molecule has 2 nitrogen and oxygen atoms in total. The Hall–Kier alpha value is -1.80. The molecule has 0 atom stereocenters. The van der Waals surface area contributed by atoms with Crippen molar-refractivity contribution in [1.82, 2.24) is 0 Å². The minimum atomic E-state index is 0.0684. The first kappa shape index (κ1) is 14.3. The molecular weight excluding hydrogens is 224 g/mol. The summed E-state index contributed by atoms with van der Waals surface area (Å²) in [7, 11) is 0. The van der Waals surface area contributed by atoms with Crippen LogP contribution in [0, 0.1) is 0 Å². The molecule has 0 aliphatic heterocycles. The molecule has 0 saturated carbocycles. The molecule has 0 unspecified atom stereocenters. The van der Waals surface area contributed by atoms with Gasteiger partial charge < -0.3 is 9.84 Å². The van der Waals surface area contributed by atoms with E-state index in [1.165, 1.54) is 0 Å². The standard InChI is InChI=1S/C14H14O2.C2H6/c15-10-12-6-8-14(9-7-12)16-11-13-4-2-1-3-5-13;1-2/h1-9,15H,10-11H2;1-2H3. The van der Waals surface area contributed by atoms with E-state index in [2.05, 4.69) is 0 Å². The summed E-state index contributed by atoms with van der Waals surface area (Å²) in [6.07, 6.45) is 0. The highest BCUT2D eigenvalue weighted by Gasteiger charge is 1.95. The third-order valence-electron chi connectivity index (χ3n) is 2.35. The summed E-state index contributed by atoms with van der Waals surface area (Å²) in [5.74, 6) is 0.820. The largest absolute Gasteiger partial charge is 0.489 e. The predicted octanol–water partition coefficient (Wildman–Crippen LogP) is 3.78. The Morgan fingerprint density at radius 2 is 1.44 bits per heavy atom. The highest BCUT2D eigenvalue weighted by molar-refractivity contribution is 5.27. The fourth-order valence-corrected chi connectivity index (χ4v) is 1.43. The van der Waals surface area contributed by atoms with Crippen molar-refractivity contribution in [2.45, 2.75) is 27.1 Å². The van der Waals surface area contributed by atoms with Gasteiger partial charge in [0.05, 0.1) is 6.61 Å². The zero-order valence-corrected chi connectivity index (χ0v) is 11.0. The van der Waals surface area contributed by atoms with Crippen LogP contribution in [0.5, 0.6) is 5.75 Å². The molecule has 0 heterocycles. The van der Waals surface area contributed by atoms with Crippen molar-refractivity contribution < 1.29 is 9.84 Å². The summed E-state index contributed by atoms with van der Waals surface area (Å²) in [5.41, 5.74) is 2.04. The van der Waals surface area contributed by atoms with Crippen molar-refractivity contribution >= 4 is 0 Å². The first-order valence-corrected chi connectivity index (χ1v) is 6.25. The molecule has 2 aromatic rings. The average Bonchev–Trinajstić information content (AvgIpc) is 2.49. The van der Waals surface area contributed by atoms with Gasteiger partial charge in [0.1, 0.15) is 12.4 Å². The lowest BCUT2D eigenvalue weighted by atomic mass is 10.2. The van der Waals surface area contributed by atoms with E-state index in [1.54, 1.807) is 0 Å². The molecule has 96 valence electrons. The van der Waals surface area contributed by atoms with Crippen molar-refractivity contribution in [2.75, 3.05) is 0 Å². The Morgan fingerprint density at radius 3 is 2.00 bits per heavy atom. The van der Waals surface area contributed by atoms with Gasteiger partial charge in [0.2, 0.25) is 0 Å². The van der Waals surface area contributed by atoms with Gasteiger partial charge in [-0.05, 0) is 23.3 Å². The van der Waals surface area contributed by atoms with Gasteiger partial charge in [-0.15, -0.1) is 0 Å². The quantitative estimate of drug-likeness (QED) is 0.886. The molecule has 0 spiro atoms. The third-order valence-corrected chi connectivity index (χ3v) is 2.35. The Labute approximate surface area is 109 Å².